The van der Waals surface area contributed by atoms with Crippen molar-refractivity contribution in [3.63, 3.8) is 0 Å². The van der Waals surface area contributed by atoms with Crippen molar-refractivity contribution in [2.75, 3.05) is 34.0 Å². The Hall–Kier alpha value is -3.55. The molecule has 202 valence electrons. The van der Waals surface area contributed by atoms with Crippen LogP contribution in [0.5, 0.6) is 11.5 Å². The number of terminal acetylenes is 1. The molecule has 0 amide bonds. The number of carbonyl (C=O) groups excluding carboxylic acids is 1. The second-order valence-electron chi connectivity index (χ2n) is 8.29. The first kappa shape index (κ1) is 28.5. The molecule has 1 unspecified atom stereocenters. The summed E-state index contributed by atoms with van der Waals surface area (Å²) in [7, 11) is 2.99. The molecule has 0 spiro atoms. The van der Waals surface area contributed by atoms with Crippen LogP contribution in [0.2, 0.25) is 10.0 Å². The molecule has 2 aromatic carbocycles. The highest BCUT2D eigenvalue weighted by Crippen LogP contribution is 2.36. The molecule has 1 aliphatic heterocycles. The molecule has 2 heterocycles. The van der Waals surface area contributed by atoms with E-state index in [2.05, 4.69) is 10.9 Å². The maximum Gasteiger partial charge on any atom is 0.338 e. The first-order chi connectivity index (χ1) is 18.8. The molecule has 0 bridgehead atoms. The molecule has 0 fully saturated rings. The number of nitrogens with zero attached hydrogens (tertiary/aromatic N) is 2. The van der Waals surface area contributed by atoms with E-state index < -0.39 is 12.0 Å². The lowest BCUT2D eigenvalue weighted by Crippen LogP contribution is -2.40. The molecule has 4 rings (SSSR count). The fraction of sp³-hybridized carbons (Fsp3) is 0.250. The van der Waals surface area contributed by atoms with Crippen molar-refractivity contribution in [2.45, 2.75) is 13.0 Å². The quantitative estimate of drug-likeness (QED) is 0.215. The minimum Gasteiger partial charge on any atom is -0.493 e. The van der Waals surface area contributed by atoms with Gasteiger partial charge in [0.1, 0.15) is 13.2 Å². The van der Waals surface area contributed by atoms with Gasteiger partial charge >= 0.3 is 5.97 Å². The van der Waals surface area contributed by atoms with Crippen LogP contribution in [0.3, 0.4) is 0 Å². The van der Waals surface area contributed by atoms with Gasteiger partial charge in [-0.05, 0) is 48.4 Å². The van der Waals surface area contributed by atoms with E-state index in [1.165, 1.54) is 30.1 Å². The Kier molecular flexibility index (Phi) is 9.15. The van der Waals surface area contributed by atoms with Crippen LogP contribution in [0, 0.1) is 12.3 Å². The Balaban J connectivity index is 1.86. The predicted molar refractivity (Wildman–Crippen MR) is 150 cm³/mol. The van der Waals surface area contributed by atoms with Crippen LogP contribution in [0.25, 0.3) is 6.08 Å². The number of hydrogen-bond donors (Lipinski definition) is 0. The van der Waals surface area contributed by atoms with E-state index in [0.717, 1.165) is 0 Å². The predicted octanol–water partition coefficient (Wildman–Crippen LogP) is 3.75. The van der Waals surface area contributed by atoms with Gasteiger partial charge in [0.15, 0.2) is 16.3 Å². The van der Waals surface area contributed by atoms with E-state index in [0.29, 0.717) is 42.7 Å². The number of allylic oxidation sites excluding steroid dienone is 1. The maximum absolute atomic E-state index is 13.8. The number of hydrogen-bond acceptors (Lipinski definition) is 8. The molecule has 0 saturated heterocycles. The second-order valence-corrected chi connectivity index (χ2v) is 10.1. The van der Waals surface area contributed by atoms with Crippen LogP contribution in [-0.4, -0.2) is 44.6 Å². The van der Waals surface area contributed by atoms with E-state index in [9.17, 15) is 9.59 Å². The molecule has 8 nitrogen and oxygen atoms in total. The fourth-order valence-electron chi connectivity index (χ4n) is 4.07. The average molecular weight is 587 g/mol. The number of benzene rings is 2. The SMILES string of the molecule is C#CCOc1c(Cl)cc(C=c2sc3n(c2=O)C(c2ccc(Cl)cc2)C(C(=O)OCCOC)=C(C)N=3)cc1OC. The van der Waals surface area contributed by atoms with Gasteiger partial charge in [-0.1, -0.05) is 52.6 Å². The fourth-order valence-corrected chi connectivity index (χ4v) is 5.51. The highest BCUT2D eigenvalue weighted by molar-refractivity contribution is 7.07. The van der Waals surface area contributed by atoms with E-state index in [4.69, 9.17) is 48.6 Å². The van der Waals surface area contributed by atoms with Gasteiger partial charge in [-0.3, -0.25) is 9.36 Å². The highest BCUT2D eigenvalue weighted by Gasteiger charge is 2.33. The lowest BCUT2D eigenvalue weighted by molar-refractivity contribution is -0.140. The van der Waals surface area contributed by atoms with Crippen LogP contribution in [0.15, 0.2) is 57.5 Å². The minimum atomic E-state index is -0.770. The van der Waals surface area contributed by atoms with E-state index in [1.807, 2.05) is 0 Å². The van der Waals surface area contributed by atoms with Gasteiger partial charge in [0.25, 0.3) is 5.56 Å². The number of ether oxygens (including phenoxy) is 4. The van der Waals surface area contributed by atoms with Gasteiger partial charge in [0.2, 0.25) is 0 Å². The molecule has 0 radical (unpaired) electrons. The Bertz CT molecular complexity index is 1650. The molecule has 0 saturated carbocycles. The molecular weight excluding hydrogens is 563 g/mol. The summed E-state index contributed by atoms with van der Waals surface area (Å²) in [5, 5.41) is 0.802. The number of esters is 1. The van der Waals surface area contributed by atoms with Gasteiger partial charge in [0, 0.05) is 12.1 Å². The van der Waals surface area contributed by atoms with E-state index in [-0.39, 0.29) is 36.0 Å². The molecule has 0 N–H and O–H groups in total. The number of halogens is 2. The lowest BCUT2D eigenvalue weighted by atomic mass is 9.96. The zero-order valence-corrected chi connectivity index (χ0v) is 23.7. The van der Waals surface area contributed by atoms with Crippen LogP contribution >= 0.6 is 34.5 Å². The third kappa shape index (κ3) is 6.05. The van der Waals surface area contributed by atoms with Crippen molar-refractivity contribution in [3.05, 3.63) is 88.5 Å². The van der Waals surface area contributed by atoms with Crippen molar-refractivity contribution >= 4 is 46.6 Å². The van der Waals surface area contributed by atoms with E-state index in [1.54, 1.807) is 49.4 Å². The number of aromatic nitrogens is 1. The van der Waals surface area contributed by atoms with Gasteiger partial charge < -0.3 is 18.9 Å². The third-order valence-corrected chi connectivity index (χ3v) is 7.31. The largest absolute Gasteiger partial charge is 0.493 e. The maximum atomic E-state index is 13.8. The second kappa shape index (κ2) is 12.5. The van der Waals surface area contributed by atoms with Crippen LogP contribution in [0.4, 0.5) is 0 Å². The first-order valence-electron chi connectivity index (χ1n) is 11.7. The zero-order valence-electron chi connectivity index (χ0n) is 21.3. The highest BCUT2D eigenvalue weighted by atomic mass is 35.5. The van der Waals surface area contributed by atoms with Crippen molar-refractivity contribution in [3.8, 4) is 23.8 Å². The number of fused-ring (bicyclic) bond motifs is 1. The Morgan fingerprint density at radius 2 is 1.95 bits per heavy atom. The summed E-state index contributed by atoms with van der Waals surface area (Å²) in [6, 6.07) is 9.51. The third-order valence-electron chi connectivity index (χ3n) is 5.80. The van der Waals surface area contributed by atoms with E-state index >= 15 is 0 Å². The monoisotopic (exact) mass is 586 g/mol. The standard InChI is InChI=1S/C28H24Cl2N2O6S/c1-5-10-37-25-20(30)13-17(14-21(25)36-4)15-22-26(33)32-24(18-6-8-19(29)9-7-18)23(16(2)31-28(32)39-22)27(34)38-12-11-35-3/h1,6-9,13-15,24H,10-12H2,2-4H3. The van der Waals surface area contributed by atoms with Gasteiger partial charge in [-0.2, -0.15) is 0 Å². The number of thiazole rings is 1. The van der Waals surface area contributed by atoms with Crippen molar-refractivity contribution in [2.24, 2.45) is 4.99 Å². The Morgan fingerprint density at radius 3 is 2.62 bits per heavy atom. The van der Waals surface area contributed by atoms with Crippen LogP contribution in [-0.2, 0) is 14.3 Å². The summed E-state index contributed by atoms with van der Waals surface area (Å²) >= 11 is 13.7. The normalized spacial score (nSPS) is 14.9. The molecule has 1 atom stereocenters. The van der Waals surface area contributed by atoms with Crippen LogP contribution in [0.1, 0.15) is 24.1 Å². The topological polar surface area (TPSA) is 88.4 Å². The summed E-state index contributed by atoms with van der Waals surface area (Å²) < 4.78 is 23.2. The molecule has 1 aliphatic rings. The summed E-state index contributed by atoms with van der Waals surface area (Å²) in [6.07, 6.45) is 6.97. The molecular formula is C28H24Cl2N2O6S. The summed E-state index contributed by atoms with van der Waals surface area (Å²) in [4.78, 5) is 32.0. The van der Waals surface area contributed by atoms with Gasteiger partial charge in [0.05, 0.1) is 40.6 Å². The number of methoxy groups -OCH3 is 2. The molecule has 3 aromatic rings. The van der Waals surface area contributed by atoms with Crippen molar-refractivity contribution < 1.29 is 23.7 Å². The zero-order chi connectivity index (χ0) is 28.1. The van der Waals surface area contributed by atoms with Crippen molar-refractivity contribution in [1.29, 1.82) is 0 Å². The average Bonchev–Trinajstić information content (AvgIpc) is 3.21. The van der Waals surface area contributed by atoms with Gasteiger partial charge in [-0.15, -0.1) is 6.42 Å². The Morgan fingerprint density at radius 1 is 1.21 bits per heavy atom. The minimum absolute atomic E-state index is 0.0221. The number of rotatable bonds is 9. The first-order valence-corrected chi connectivity index (χ1v) is 13.2. The molecule has 0 aliphatic carbocycles. The van der Waals surface area contributed by atoms with Crippen molar-refractivity contribution in [1.82, 2.24) is 4.57 Å². The summed E-state index contributed by atoms with van der Waals surface area (Å²) in [5.41, 5.74) is 1.65. The molecule has 11 heteroatoms. The molecule has 1 aromatic heterocycles. The molecule has 39 heavy (non-hydrogen) atoms. The van der Waals surface area contributed by atoms with Crippen LogP contribution < -0.4 is 24.4 Å². The lowest BCUT2D eigenvalue weighted by Gasteiger charge is -2.24. The Labute approximate surface area is 238 Å². The summed E-state index contributed by atoms with van der Waals surface area (Å²) in [6.45, 7) is 2.04. The summed E-state index contributed by atoms with van der Waals surface area (Å²) in [5.74, 6) is 2.48. The van der Waals surface area contributed by atoms with Gasteiger partial charge in [-0.25, -0.2) is 9.79 Å². The smallest absolute Gasteiger partial charge is 0.338 e. The number of carbonyl (C=O) groups is 1.